The molecular weight excluding hydrogens is 844 g/mol. The number of halogens is 2. The topological polar surface area (TPSA) is 336 Å². The zero-order valence-corrected chi connectivity index (χ0v) is 33.5. The van der Waals surface area contributed by atoms with Crippen LogP contribution >= 0.6 is 0 Å². The van der Waals surface area contributed by atoms with E-state index in [2.05, 4.69) is 26.3 Å². The first-order valence-electron chi connectivity index (χ1n) is 19.2. The monoisotopic (exact) mass is 889 g/mol. The molecule has 0 radical (unpaired) electrons. The van der Waals surface area contributed by atoms with Crippen LogP contribution in [0.2, 0.25) is 0 Å². The first kappa shape index (κ1) is 48.6. The van der Waals surface area contributed by atoms with Crippen LogP contribution in [0.15, 0.2) is 30.5 Å². The number of para-hydroxylation sites is 1. The molecule has 4 rings (SSSR count). The van der Waals surface area contributed by atoms with Crippen molar-refractivity contribution >= 4 is 70.1 Å². The quantitative estimate of drug-likeness (QED) is 0.0769. The van der Waals surface area contributed by atoms with Crippen molar-refractivity contribution in [3.8, 4) is 6.07 Å². The molecule has 3 heterocycles. The van der Waals surface area contributed by atoms with Gasteiger partial charge in [0.15, 0.2) is 0 Å². The summed E-state index contributed by atoms with van der Waals surface area (Å²) in [5, 5.41) is 57.7. The maximum Gasteiger partial charge on any atom is 0.409 e. The van der Waals surface area contributed by atoms with E-state index in [4.69, 9.17) is 5.26 Å². The van der Waals surface area contributed by atoms with Gasteiger partial charge in [-0.15, -0.1) is 0 Å². The minimum atomic E-state index is -3.22. The van der Waals surface area contributed by atoms with Crippen LogP contribution in [0.1, 0.15) is 42.5 Å². The van der Waals surface area contributed by atoms with Gasteiger partial charge in [-0.1, -0.05) is 12.1 Å². The molecule has 340 valence electrons. The maximum atomic E-state index is 13.8. The van der Waals surface area contributed by atoms with Gasteiger partial charge in [0.1, 0.15) is 12.1 Å². The average Bonchev–Trinajstić information content (AvgIpc) is 3.53. The summed E-state index contributed by atoms with van der Waals surface area (Å²) >= 11 is 0. The van der Waals surface area contributed by atoms with E-state index in [-0.39, 0.29) is 74.3 Å². The smallest absolute Gasteiger partial charge is 0.409 e. The number of amides is 6. The van der Waals surface area contributed by atoms with E-state index < -0.39 is 117 Å². The standard InChI is InChI=1S/C37H45F2N11O13/c38-37(39)12-22(13-40)50(17-37)30(54)14-44-34(59)24-8-9-43-33-23(24)2-1-3-25(33)45-29(53)7-6-28(52)42-11-10-41-27(51)5-4-26(35(60)61)48-19-46(15-31(55)56)18-47(16-32(57)58)20-49(21-48)36(62)63/h1-3,8-9,22,26H,4-7,10-12,14-21H2,(H,41,51)(H,42,52)(H,44,59)(H,45,53)(H,55,56)(H,57,58)(H,60,61)(H,62,63)/t22-,26?/m0/s1. The number of hydrogen-bond acceptors (Lipinski definition) is 14. The summed E-state index contributed by atoms with van der Waals surface area (Å²) in [4.78, 5) is 120. The van der Waals surface area contributed by atoms with Crippen molar-refractivity contribution in [2.45, 2.75) is 50.1 Å². The fourth-order valence-corrected chi connectivity index (χ4v) is 6.85. The van der Waals surface area contributed by atoms with Crippen LogP contribution in [0.4, 0.5) is 19.3 Å². The van der Waals surface area contributed by atoms with E-state index in [1.807, 2.05) is 0 Å². The van der Waals surface area contributed by atoms with E-state index >= 15 is 0 Å². The number of carboxylic acids is 3. The summed E-state index contributed by atoms with van der Waals surface area (Å²) in [5.74, 6) is -10.6. The Hall–Kier alpha value is -7.11. The van der Waals surface area contributed by atoms with Gasteiger partial charge in [0.25, 0.3) is 11.8 Å². The van der Waals surface area contributed by atoms with Gasteiger partial charge >= 0.3 is 24.0 Å². The molecule has 0 aliphatic carbocycles. The molecule has 8 N–H and O–H groups in total. The van der Waals surface area contributed by atoms with Crippen molar-refractivity contribution in [3.63, 3.8) is 0 Å². The van der Waals surface area contributed by atoms with Crippen LogP contribution in [0, 0.1) is 11.3 Å². The van der Waals surface area contributed by atoms with E-state index in [9.17, 15) is 72.4 Å². The molecule has 2 fully saturated rings. The van der Waals surface area contributed by atoms with Crippen molar-refractivity contribution < 1.29 is 72.4 Å². The summed E-state index contributed by atoms with van der Waals surface area (Å²) in [7, 11) is 0. The first-order chi connectivity index (χ1) is 29.8. The van der Waals surface area contributed by atoms with Gasteiger partial charge in [-0.05, 0) is 18.6 Å². The highest BCUT2D eigenvalue weighted by Crippen LogP contribution is 2.31. The van der Waals surface area contributed by atoms with Crippen molar-refractivity contribution in [2.24, 2.45) is 0 Å². The zero-order valence-electron chi connectivity index (χ0n) is 33.5. The number of aromatic nitrogens is 1. The second-order valence-corrected chi connectivity index (χ2v) is 14.5. The number of carboxylic acid groups (broad SMARTS) is 4. The first-order valence-corrected chi connectivity index (χ1v) is 19.2. The van der Waals surface area contributed by atoms with Crippen LogP contribution in [-0.2, 0) is 33.6 Å². The Balaban J connectivity index is 1.22. The van der Waals surface area contributed by atoms with Crippen molar-refractivity contribution in [2.75, 3.05) is 71.3 Å². The molecule has 6 amide bonds. The largest absolute Gasteiger partial charge is 0.480 e. The fourth-order valence-electron chi connectivity index (χ4n) is 6.85. The highest BCUT2D eigenvalue weighted by Gasteiger charge is 2.47. The lowest BCUT2D eigenvalue weighted by Gasteiger charge is -2.42. The van der Waals surface area contributed by atoms with Crippen LogP contribution in [-0.4, -0.2) is 187 Å². The number of fused-ring (bicyclic) bond motifs is 1. The highest BCUT2D eigenvalue weighted by atomic mass is 19.3. The Morgan fingerprint density at radius 1 is 0.825 bits per heavy atom. The molecule has 0 spiro atoms. The number of aliphatic carboxylic acids is 3. The van der Waals surface area contributed by atoms with Gasteiger partial charge in [0, 0.05) is 50.4 Å². The lowest BCUT2D eigenvalue weighted by molar-refractivity contribution is -0.149. The molecule has 1 aromatic carbocycles. The van der Waals surface area contributed by atoms with Gasteiger partial charge in [-0.3, -0.25) is 62.9 Å². The van der Waals surface area contributed by atoms with E-state index in [0.29, 0.717) is 4.90 Å². The van der Waals surface area contributed by atoms with E-state index in [1.165, 1.54) is 35.4 Å². The number of alkyl halides is 2. The molecule has 2 saturated heterocycles. The Morgan fingerprint density at radius 3 is 2.08 bits per heavy atom. The number of nitriles is 1. The summed E-state index contributed by atoms with van der Waals surface area (Å²) in [6.45, 7) is -4.72. The molecule has 2 aliphatic heterocycles. The molecule has 0 saturated carbocycles. The molecule has 1 unspecified atom stereocenters. The van der Waals surface area contributed by atoms with Gasteiger partial charge in [0.2, 0.25) is 23.6 Å². The average molecular weight is 890 g/mol. The Labute approximate surface area is 356 Å². The summed E-state index contributed by atoms with van der Waals surface area (Å²) in [6, 6.07) is 4.77. The molecule has 2 aliphatic rings. The number of nitrogens with one attached hydrogen (secondary N) is 4. The number of benzene rings is 1. The predicted octanol–water partition coefficient (Wildman–Crippen LogP) is -1.19. The summed E-state index contributed by atoms with van der Waals surface area (Å²) in [5.41, 5.74) is 0.438. The number of likely N-dealkylation sites (tertiary alicyclic amines) is 1. The molecule has 0 bridgehead atoms. The lowest BCUT2D eigenvalue weighted by atomic mass is 10.1. The Morgan fingerprint density at radius 2 is 1.46 bits per heavy atom. The minimum absolute atomic E-state index is 0.0531. The van der Waals surface area contributed by atoms with Crippen LogP contribution in [0.3, 0.4) is 0 Å². The molecule has 2 atom stereocenters. The third-order valence-corrected chi connectivity index (χ3v) is 9.64. The molecule has 24 nitrogen and oxygen atoms in total. The van der Waals surface area contributed by atoms with Crippen molar-refractivity contribution in [1.29, 1.82) is 5.26 Å². The normalized spacial score (nSPS) is 17.4. The van der Waals surface area contributed by atoms with Crippen LogP contribution in [0.5, 0.6) is 0 Å². The molecule has 63 heavy (non-hydrogen) atoms. The molecule has 26 heteroatoms. The third-order valence-electron chi connectivity index (χ3n) is 9.64. The minimum Gasteiger partial charge on any atom is -0.480 e. The number of hydrogen-bond donors (Lipinski definition) is 8. The highest BCUT2D eigenvalue weighted by molar-refractivity contribution is 6.10. The van der Waals surface area contributed by atoms with Gasteiger partial charge in [-0.25, -0.2) is 13.6 Å². The van der Waals surface area contributed by atoms with Crippen LogP contribution in [0.25, 0.3) is 10.9 Å². The number of anilines is 1. The summed E-state index contributed by atoms with van der Waals surface area (Å²) in [6.07, 6.45) is -2.26. The van der Waals surface area contributed by atoms with Gasteiger partial charge < -0.3 is 46.6 Å². The number of rotatable bonds is 19. The predicted molar refractivity (Wildman–Crippen MR) is 209 cm³/mol. The Bertz CT molecular complexity index is 2140. The second kappa shape index (κ2) is 22.1. The number of carbonyl (C=O) groups is 9. The summed E-state index contributed by atoms with van der Waals surface area (Å²) < 4.78 is 27.6. The molecular formula is C37H45F2N11O13. The molecule has 1 aromatic heterocycles. The van der Waals surface area contributed by atoms with Gasteiger partial charge in [-0.2, -0.15) is 5.26 Å². The molecule has 2 aromatic rings. The SMILES string of the molecule is N#C[C@@H]1CC(F)(F)CN1C(=O)CNC(=O)c1ccnc2c(NC(=O)CCC(=O)NCCNC(=O)CCC(C(=O)O)N3CN(CC(=O)O)CN(CC(=O)O)CN(C(=O)O)C3)cccc12. The maximum absolute atomic E-state index is 13.8. The van der Waals surface area contributed by atoms with Crippen LogP contribution < -0.4 is 21.3 Å². The number of pyridine rings is 1. The third kappa shape index (κ3) is 14.5. The van der Waals surface area contributed by atoms with E-state index in [1.54, 1.807) is 6.07 Å². The van der Waals surface area contributed by atoms with Crippen molar-refractivity contribution in [3.05, 3.63) is 36.0 Å². The number of carbonyl (C=O) groups excluding carboxylic acids is 5. The zero-order chi connectivity index (χ0) is 46.4. The van der Waals surface area contributed by atoms with Crippen molar-refractivity contribution in [1.82, 2.24) is 45.4 Å². The Kier molecular flexibility index (Phi) is 17.0. The number of nitrogens with zero attached hydrogens (tertiary/aromatic N) is 7. The van der Waals surface area contributed by atoms with E-state index in [0.717, 1.165) is 14.7 Å². The van der Waals surface area contributed by atoms with Gasteiger partial charge in [0.05, 0.1) is 75.7 Å². The fraction of sp³-hybridized carbons (Fsp3) is 0.486. The second-order valence-electron chi connectivity index (χ2n) is 14.5. The lowest BCUT2D eigenvalue weighted by Crippen LogP contribution is -2.60.